The van der Waals surface area contributed by atoms with Gasteiger partial charge >= 0.3 is 0 Å². The van der Waals surface area contributed by atoms with Crippen molar-refractivity contribution in [3.05, 3.63) is 48.3 Å². The first-order chi connectivity index (χ1) is 11.1. The van der Waals surface area contributed by atoms with Gasteiger partial charge in [0, 0.05) is 6.20 Å². The Bertz CT molecular complexity index is 656. The van der Waals surface area contributed by atoms with Crippen molar-refractivity contribution in [1.82, 2.24) is 20.4 Å². The number of rotatable bonds is 4. The highest BCUT2D eigenvalue weighted by molar-refractivity contribution is 5.82. The van der Waals surface area contributed by atoms with E-state index in [-0.39, 0.29) is 18.0 Å². The van der Waals surface area contributed by atoms with Gasteiger partial charge in [0.25, 0.3) is 0 Å². The normalized spacial score (nSPS) is 22.5. The molecule has 1 aliphatic heterocycles. The van der Waals surface area contributed by atoms with Crippen molar-refractivity contribution in [2.45, 2.75) is 38.0 Å². The Morgan fingerprint density at radius 1 is 1.39 bits per heavy atom. The molecule has 3 atom stereocenters. The van der Waals surface area contributed by atoms with Gasteiger partial charge in [0.2, 0.25) is 5.91 Å². The fraction of sp³-hybridized carbons (Fsp3) is 0.412. The van der Waals surface area contributed by atoms with E-state index in [1.807, 2.05) is 49.5 Å². The van der Waals surface area contributed by atoms with Crippen LogP contribution in [-0.2, 0) is 4.79 Å². The molecule has 122 valence electrons. The summed E-state index contributed by atoms with van der Waals surface area (Å²) in [5, 5.41) is 20.3. The second-order valence-electron chi connectivity index (χ2n) is 5.94. The maximum Gasteiger partial charge on any atom is 0.237 e. The molecule has 1 saturated heterocycles. The van der Waals surface area contributed by atoms with Crippen molar-refractivity contribution in [2.75, 3.05) is 6.54 Å². The lowest BCUT2D eigenvalue weighted by atomic mass is 10.0. The molecule has 1 aliphatic rings. The Morgan fingerprint density at radius 2 is 2.17 bits per heavy atom. The highest BCUT2D eigenvalue weighted by Crippen LogP contribution is 2.14. The number of nitrogens with zero attached hydrogens (tertiary/aromatic N) is 2. The summed E-state index contributed by atoms with van der Waals surface area (Å²) in [7, 11) is 0. The van der Waals surface area contributed by atoms with Crippen molar-refractivity contribution in [3.8, 4) is 5.69 Å². The minimum Gasteiger partial charge on any atom is -0.393 e. The summed E-state index contributed by atoms with van der Waals surface area (Å²) < 4.78 is 1.79. The van der Waals surface area contributed by atoms with E-state index in [2.05, 4.69) is 15.7 Å². The Labute approximate surface area is 135 Å². The van der Waals surface area contributed by atoms with E-state index in [9.17, 15) is 9.90 Å². The Hall–Kier alpha value is -2.18. The van der Waals surface area contributed by atoms with E-state index < -0.39 is 6.10 Å². The number of para-hydroxylation sites is 1. The third-order valence-electron chi connectivity index (χ3n) is 4.13. The zero-order valence-corrected chi connectivity index (χ0v) is 13.1. The van der Waals surface area contributed by atoms with Gasteiger partial charge in [0.1, 0.15) is 0 Å². The number of aromatic nitrogens is 2. The Kier molecular flexibility index (Phi) is 4.73. The number of hydrogen-bond donors (Lipinski definition) is 3. The molecule has 1 aromatic carbocycles. The van der Waals surface area contributed by atoms with Crippen LogP contribution in [0.3, 0.4) is 0 Å². The second-order valence-corrected chi connectivity index (χ2v) is 5.94. The first-order valence-corrected chi connectivity index (χ1v) is 7.96. The molecule has 0 aliphatic carbocycles. The van der Waals surface area contributed by atoms with Crippen LogP contribution in [0.15, 0.2) is 42.6 Å². The number of piperidine rings is 1. The van der Waals surface area contributed by atoms with Crippen molar-refractivity contribution >= 4 is 5.91 Å². The van der Waals surface area contributed by atoms with E-state index in [4.69, 9.17) is 0 Å². The monoisotopic (exact) mass is 314 g/mol. The summed E-state index contributed by atoms with van der Waals surface area (Å²) in [6.07, 6.45) is 2.63. The summed E-state index contributed by atoms with van der Waals surface area (Å²) >= 11 is 0. The molecule has 0 bridgehead atoms. The molecule has 1 fully saturated rings. The predicted octanol–water partition coefficient (Wildman–Crippen LogP) is 1.16. The number of hydrogen-bond acceptors (Lipinski definition) is 4. The van der Waals surface area contributed by atoms with Gasteiger partial charge in [0.05, 0.1) is 29.6 Å². The van der Waals surface area contributed by atoms with Gasteiger partial charge in [-0.25, -0.2) is 4.68 Å². The average Bonchev–Trinajstić information content (AvgIpc) is 3.06. The fourth-order valence-electron chi connectivity index (χ4n) is 2.78. The first-order valence-electron chi connectivity index (χ1n) is 7.96. The Morgan fingerprint density at radius 3 is 2.91 bits per heavy atom. The van der Waals surface area contributed by atoms with Crippen LogP contribution in [0.25, 0.3) is 5.69 Å². The SMILES string of the molecule is CC(NC(=O)[C@@H]1C[C@@H](O)CCN1)c1ccn(-c2ccccc2)n1. The number of aliphatic hydroxyl groups excluding tert-OH is 1. The highest BCUT2D eigenvalue weighted by atomic mass is 16.3. The molecule has 1 amide bonds. The zero-order chi connectivity index (χ0) is 16.2. The number of nitrogens with one attached hydrogen (secondary N) is 2. The minimum atomic E-state index is -0.403. The number of benzene rings is 1. The number of carbonyl (C=O) groups excluding carboxylic acids is 1. The molecule has 2 heterocycles. The molecule has 6 nitrogen and oxygen atoms in total. The molecule has 1 aromatic heterocycles. The van der Waals surface area contributed by atoms with Gasteiger partial charge in [-0.1, -0.05) is 18.2 Å². The summed E-state index contributed by atoms with van der Waals surface area (Å²) in [4.78, 5) is 12.3. The third-order valence-corrected chi connectivity index (χ3v) is 4.13. The number of carbonyl (C=O) groups is 1. The van der Waals surface area contributed by atoms with Gasteiger partial charge in [-0.2, -0.15) is 5.10 Å². The van der Waals surface area contributed by atoms with Crippen molar-refractivity contribution in [1.29, 1.82) is 0 Å². The van der Waals surface area contributed by atoms with Gasteiger partial charge in [-0.3, -0.25) is 4.79 Å². The van der Waals surface area contributed by atoms with Gasteiger partial charge in [0.15, 0.2) is 0 Å². The fourth-order valence-corrected chi connectivity index (χ4v) is 2.78. The predicted molar refractivity (Wildman–Crippen MR) is 87.2 cm³/mol. The van der Waals surface area contributed by atoms with Gasteiger partial charge < -0.3 is 15.7 Å². The van der Waals surface area contributed by atoms with E-state index >= 15 is 0 Å². The van der Waals surface area contributed by atoms with Gasteiger partial charge in [-0.15, -0.1) is 0 Å². The average molecular weight is 314 g/mol. The Balaban J connectivity index is 1.63. The maximum absolute atomic E-state index is 12.3. The lowest BCUT2D eigenvalue weighted by Gasteiger charge is -2.27. The minimum absolute atomic E-state index is 0.0921. The standard InChI is InChI=1S/C17H22N4O2/c1-12(19-17(23)16-11-14(22)7-9-18-16)15-8-10-21(20-15)13-5-3-2-4-6-13/h2-6,8,10,12,14,16,18,22H,7,9,11H2,1H3,(H,19,23)/t12?,14-,16-/m0/s1. The summed E-state index contributed by atoms with van der Waals surface area (Å²) in [5.74, 6) is -0.0921. The topological polar surface area (TPSA) is 79.2 Å². The van der Waals surface area contributed by atoms with Crippen LogP contribution in [0.4, 0.5) is 0 Å². The molecule has 1 unspecified atom stereocenters. The largest absolute Gasteiger partial charge is 0.393 e. The molecule has 0 saturated carbocycles. The van der Waals surface area contributed by atoms with Crippen molar-refractivity contribution in [2.24, 2.45) is 0 Å². The van der Waals surface area contributed by atoms with Crippen LogP contribution in [0.2, 0.25) is 0 Å². The molecular weight excluding hydrogens is 292 g/mol. The molecule has 23 heavy (non-hydrogen) atoms. The summed E-state index contributed by atoms with van der Waals surface area (Å²) in [6, 6.07) is 11.2. The van der Waals surface area contributed by atoms with Crippen LogP contribution in [0.5, 0.6) is 0 Å². The van der Waals surface area contributed by atoms with Crippen LogP contribution in [-0.4, -0.2) is 39.5 Å². The van der Waals surface area contributed by atoms with E-state index in [0.29, 0.717) is 19.4 Å². The van der Waals surface area contributed by atoms with Crippen molar-refractivity contribution < 1.29 is 9.90 Å². The van der Waals surface area contributed by atoms with Crippen LogP contribution >= 0.6 is 0 Å². The molecule has 0 radical (unpaired) electrons. The number of amides is 1. The molecular formula is C17H22N4O2. The second kappa shape index (κ2) is 6.93. The molecule has 0 spiro atoms. The summed E-state index contributed by atoms with van der Waals surface area (Å²) in [6.45, 7) is 2.57. The van der Waals surface area contributed by atoms with Crippen LogP contribution in [0.1, 0.15) is 31.5 Å². The lowest BCUT2D eigenvalue weighted by Crippen LogP contribution is -2.50. The van der Waals surface area contributed by atoms with E-state index in [1.165, 1.54) is 0 Å². The highest BCUT2D eigenvalue weighted by Gasteiger charge is 2.26. The first kappa shape index (κ1) is 15.7. The molecule has 3 rings (SSSR count). The summed E-state index contributed by atoms with van der Waals surface area (Å²) in [5.41, 5.74) is 1.79. The molecule has 3 N–H and O–H groups in total. The third kappa shape index (κ3) is 3.78. The van der Waals surface area contributed by atoms with Crippen LogP contribution < -0.4 is 10.6 Å². The van der Waals surface area contributed by atoms with E-state index in [0.717, 1.165) is 11.4 Å². The number of aliphatic hydroxyl groups is 1. The zero-order valence-electron chi connectivity index (χ0n) is 13.1. The molecule has 2 aromatic rings. The lowest BCUT2D eigenvalue weighted by molar-refractivity contribution is -0.125. The van der Waals surface area contributed by atoms with Gasteiger partial charge in [-0.05, 0) is 44.5 Å². The maximum atomic E-state index is 12.3. The van der Waals surface area contributed by atoms with Crippen LogP contribution in [0, 0.1) is 0 Å². The van der Waals surface area contributed by atoms with Crippen molar-refractivity contribution in [3.63, 3.8) is 0 Å². The molecule has 6 heteroatoms. The smallest absolute Gasteiger partial charge is 0.237 e. The quantitative estimate of drug-likeness (QED) is 0.791. The van der Waals surface area contributed by atoms with E-state index in [1.54, 1.807) is 4.68 Å².